The highest BCUT2D eigenvalue weighted by molar-refractivity contribution is 4.53. The number of ether oxygens (including phenoxy) is 1. The van der Waals surface area contributed by atoms with E-state index in [-0.39, 0.29) is 0 Å². The molecule has 16 heavy (non-hydrogen) atoms. The first-order valence-electron chi connectivity index (χ1n) is 6.61. The van der Waals surface area contributed by atoms with Crippen LogP contribution in [0.5, 0.6) is 0 Å². The summed E-state index contributed by atoms with van der Waals surface area (Å²) in [6, 6.07) is 0. The molecule has 0 bridgehead atoms. The molecule has 0 spiro atoms. The summed E-state index contributed by atoms with van der Waals surface area (Å²) in [6.45, 7) is 8.42. The first-order valence-corrected chi connectivity index (χ1v) is 6.61. The van der Waals surface area contributed by atoms with Crippen molar-refractivity contribution < 1.29 is 4.74 Å². The van der Waals surface area contributed by atoms with Gasteiger partial charge in [0.25, 0.3) is 0 Å². The number of nitrogens with zero attached hydrogens (tertiary/aromatic N) is 1. The second-order valence-electron chi connectivity index (χ2n) is 4.74. The van der Waals surface area contributed by atoms with Crippen LogP contribution in [-0.2, 0) is 4.74 Å². The molecule has 0 aliphatic heterocycles. The smallest absolute Gasteiger partial charge is 0.0596 e. The zero-order chi connectivity index (χ0) is 12.2. The van der Waals surface area contributed by atoms with E-state index in [0.717, 1.165) is 19.7 Å². The lowest BCUT2D eigenvalue weighted by atomic mass is 10.2. The van der Waals surface area contributed by atoms with Crippen molar-refractivity contribution in [3.8, 4) is 0 Å². The van der Waals surface area contributed by atoms with Gasteiger partial charge in [-0.05, 0) is 53.9 Å². The Balaban J connectivity index is 3.14. The molecule has 0 amide bonds. The fourth-order valence-electron chi connectivity index (χ4n) is 1.59. The Bertz CT molecular complexity index is 140. The van der Waals surface area contributed by atoms with Gasteiger partial charge in [-0.15, -0.1) is 0 Å². The molecule has 0 aromatic heterocycles. The number of likely N-dealkylation sites (N-methyl/N-ethyl adjacent to an activating group) is 1. The summed E-state index contributed by atoms with van der Waals surface area (Å²) in [6.07, 6.45) is 5.65. The zero-order valence-corrected chi connectivity index (χ0v) is 11.6. The van der Waals surface area contributed by atoms with Gasteiger partial charge in [0.2, 0.25) is 0 Å². The van der Waals surface area contributed by atoms with E-state index in [1.807, 2.05) is 7.05 Å². The Hall–Kier alpha value is -0.120. The third kappa shape index (κ3) is 12.0. The lowest BCUT2D eigenvalue weighted by Gasteiger charge is -2.17. The fraction of sp³-hybridized carbons (Fsp3) is 1.00. The molecule has 0 radical (unpaired) electrons. The highest BCUT2D eigenvalue weighted by Crippen LogP contribution is 2.00. The first-order chi connectivity index (χ1) is 7.66. The summed E-state index contributed by atoms with van der Waals surface area (Å²) in [5.41, 5.74) is 0. The van der Waals surface area contributed by atoms with Gasteiger partial charge in [0, 0.05) is 6.54 Å². The minimum absolute atomic E-state index is 0.356. The van der Waals surface area contributed by atoms with Gasteiger partial charge in [0.05, 0.1) is 12.7 Å². The number of unbranched alkanes of at least 4 members (excludes halogenated alkanes) is 3. The molecule has 0 saturated heterocycles. The van der Waals surface area contributed by atoms with Gasteiger partial charge in [-0.2, -0.15) is 0 Å². The largest absolute Gasteiger partial charge is 0.377 e. The molecular weight excluding hydrogens is 200 g/mol. The van der Waals surface area contributed by atoms with Crippen molar-refractivity contribution in [2.75, 3.05) is 40.3 Å². The number of hydrogen-bond donors (Lipinski definition) is 1. The fourth-order valence-corrected chi connectivity index (χ4v) is 1.59. The molecule has 0 fully saturated rings. The molecule has 0 rings (SSSR count). The molecule has 0 aromatic carbocycles. The summed E-state index contributed by atoms with van der Waals surface area (Å²) in [4.78, 5) is 2.36. The summed E-state index contributed by atoms with van der Waals surface area (Å²) >= 11 is 0. The molecule has 3 nitrogen and oxygen atoms in total. The van der Waals surface area contributed by atoms with E-state index in [1.165, 1.54) is 32.2 Å². The SMILES string of the molecule is CNCCCCCCN(C)CCOC(C)C. The third-order valence-electron chi connectivity index (χ3n) is 2.64. The summed E-state index contributed by atoms with van der Waals surface area (Å²) in [5.74, 6) is 0. The van der Waals surface area contributed by atoms with Gasteiger partial charge >= 0.3 is 0 Å². The number of nitrogens with one attached hydrogen (secondary N) is 1. The molecule has 0 atom stereocenters. The van der Waals surface area contributed by atoms with Crippen molar-refractivity contribution in [1.29, 1.82) is 0 Å². The number of rotatable bonds is 11. The predicted molar refractivity (Wildman–Crippen MR) is 71.0 cm³/mol. The van der Waals surface area contributed by atoms with Gasteiger partial charge in [0.1, 0.15) is 0 Å². The Kier molecular flexibility index (Phi) is 11.3. The molecule has 1 N–H and O–H groups in total. The average Bonchev–Trinajstić information content (AvgIpc) is 2.22. The van der Waals surface area contributed by atoms with Crippen LogP contribution >= 0.6 is 0 Å². The monoisotopic (exact) mass is 230 g/mol. The maximum Gasteiger partial charge on any atom is 0.0596 e. The van der Waals surface area contributed by atoms with Crippen LogP contribution in [0.15, 0.2) is 0 Å². The summed E-state index contributed by atoms with van der Waals surface area (Å²) in [5, 5.41) is 3.18. The van der Waals surface area contributed by atoms with Crippen LogP contribution in [0, 0.1) is 0 Å². The summed E-state index contributed by atoms with van der Waals surface area (Å²) < 4.78 is 5.52. The molecule has 0 aliphatic carbocycles. The van der Waals surface area contributed by atoms with Crippen LogP contribution in [0.25, 0.3) is 0 Å². The van der Waals surface area contributed by atoms with Crippen LogP contribution in [0.1, 0.15) is 39.5 Å². The number of hydrogen-bond acceptors (Lipinski definition) is 3. The predicted octanol–water partition coefficient (Wildman–Crippen LogP) is 2.12. The quantitative estimate of drug-likeness (QED) is 0.550. The van der Waals surface area contributed by atoms with E-state index in [0.29, 0.717) is 6.10 Å². The Morgan fingerprint density at radius 3 is 2.38 bits per heavy atom. The molecule has 3 heteroatoms. The highest BCUT2D eigenvalue weighted by atomic mass is 16.5. The molecule has 0 aliphatic rings. The van der Waals surface area contributed by atoms with Crippen LogP contribution < -0.4 is 5.32 Å². The third-order valence-corrected chi connectivity index (χ3v) is 2.64. The molecule has 0 aromatic rings. The van der Waals surface area contributed by atoms with E-state index in [1.54, 1.807) is 0 Å². The zero-order valence-electron chi connectivity index (χ0n) is 11.6. The Morgan fingerprint density at radius 2 is 1.75 bits per heavy atom. The van der Waals surface area contributed by atoms with Crippen molar-refractivity contribution in [3.63, 3.8) is 0 Å². The maximum absolute atomic E-state index is 5.52. The first kappa shape index (κ1) is 15.9. The van der Waals surface area contributed by atoms with E-state index < -0.39 is 0 Å². The van der Waals surface area contributed by atoms with E-state index in [9.17, 15) is 0 Å². The second kappa shape index (κ2) is 11.4. The van der Waals surface area contributed by atoms with Gasteiger partial charge < -0.3 is 15.0 Å². The standard InChI is InChI=1S/C13H30N2O/c1-13(2)16-12-11-15(4)10-8-6-5-7-9-14-3/h13-14H,5-12H2,1-4H3. The van der Waals surface area contributed by atoms with E-state index in [2.05, 4.69) is 31.1 Å². The lowest BCUT2D eigenvalue weighted by molar-refractivity contribution is 0.0636. The second-order valence-corrected chi connectivity index (χ2v) is 4.74. The van der Waals surface area contributed by atoms with Crippen molar-refractivity contribution >= 4 is 0 Å². The molecule has 0 unspecified atom stereocenters. The molecule has 0 heterocycles. The van der Waals surface area contributed by atoms with Crippen LogP contribution in [-0.4, -0.2) is 51.3 Å². The maximum atomic E-state index is 5.52. The van der Waals surface area contributed by atoms with Gasteiger partial charge in [0.15, 0.2) is 0 Å². The highest BCUT2D eigenvalue weighted by Gasteiger charge is 1.99. The van der Waals surface area contributed by atoms with Crippen LogP contribution in [0.3, 0.4) is 0 Å². The van der Waals surface area contributed by atoms with E-state index >= 15 is 0 Å². The molecule has 0 saturated carbocycles. The minimum Gasteiger partial charge on any atom is -0.377 e. The lowest BCUT2D eigenvalue weighted by Crippen LogP contribution is -2.25. The van der Waals surface area contributed by atoms with Gasteiger partial charge in [-0.3, -0.25) is 0 Å². The van der Waals surface area contributed by atoms with Crippen molar-refractivity contribution in [1.82, 2.24) is 10.2 Å². The Morgan fingerprint density at radius 1 is 1.06 bits per heavy atom. The molecular formula is C13H30N2O. The minimum atomic E-state index is 0.356. The summed E-state index contributed by atoms with van der Waals surface area (Å²) in [7, 11) is 4.19. The van der Waals surface area contributed by atoms with Crippen LogP contribution in [0.2, 0.25) is 0 Å². The van der Waals surface area contributed by atoms with Gasteiger partial charge in [-0.1, -0.05) is 12.8 Å². The van der Waals surface area contributed by atoms with E-state index in [4.69, 9.17) is 4.74 Å². The van der Waals surface area contributed by atoms with Crippen molar-refractivity contribution in [2.24, 2.45) is 0 Å². The van der Waals surface area contributed by atoms with Crippen LogP contribution in [0.4, 0.5) is 0 Å². The topological polar surface area (TPSA) is 24.5 Å². The van der Waals surface area contributed by atoms with Gasteiger partial charge in [-0.25, -0.2) is 0 Å². The van der Waals surface area contributed by atoms with Crippen molar-refractivity contribution in [2.45, 2.75) is 45.6 Å². The van der Waals surface area contributed by atoms with Crippen molar-refractivity contribution in [3.05, 3.63) is 0 Å². The molecule has 98 valence electrons. The Labute approximate surface area is 102 Å². The average molecular weight is 230 g/mol. The normalized spacial score (nSPS) is 11.6.